The normalized spacial score (nSPS) is 17.8. The number of carbonyl (C=O) groups is 1. The van der Waals surface area contributed by atoms with Gasteiger partial charge < -0.3 is 5.32 Å². The molecule has 1 aliphatic rings. The fraction of sp³-hybridized carbons (Fsp3) is 0.550. The SMILES string of the molecule is CC1CCN(C(CNC(=O)c2ccc3nccnc3c2)C(C)C)CC1. The largest absolute Gasteiger partial charge is 0.350 e. The Morgan fingerprint density at radius 1 is 1.20 bits per heavy atom. The standard InChI is InChI=1S/C20H28N4O/c1-14(2)19(24-10-6-15(3)7-11-24)13-23-20(25)16-4-5-17-18(12-16)22-9-8-21-17/h4-5,8-9,12,14-15,19H,6-7,10-11,13H2,1-3H3,(H,23,25). The van der Waals surface area contributed by atoms with Gasteiger partial charge in [0.2, 0.25) is 0 Å². The second kappa shape index (κ2) is 7.91. The van der Waals surface area contributed by atoms with E-state index in [1.54, 1.807) is 12.4 Å². The van der Waals surface area contributed by atoms with Crippen molar-refractivity contribution in [2.75, 3.05) is 19.6 Å². The number of nitrogens with one attached hydrogen (secondary N) is 1. The Hall–Kier alpha value is -2.01. The third kappa shape index (κ3) is 4.34. The van der Waals surface area contributed by atoms with Crippen molar-refractivity contribution in [2.45, 2.75) is 39.7 Å². The van der Waals surface area contributed by atoms with Gasteiger partial charge in [0.05, 0.1) is 11.0 Å². The zero-order valence-electron chi connectivity index (χ0n) is 15.4. The molecule has 3 rings (SSSR count). The van der Waals surface area contributed by atoms with Crippen LogP contribution in [0.2, 0.25) is 0 Å². The highest BCUT2D eigenvalue weighted by atomic mass is 16.1. The Kier molecular flexibility index (Phi) is 5.63. The minimum atomic E-state index is -0.0384. The molecule has 0 spiro atoms. The van der Waals surface area contributed by atoms with Crippen LogP contribution in [0.1, 0.15) is 44.0 Å². The number of hydrogen-bond donors (Lipinski definition) is 1. The average molecular weight is 340 g/mol. The zero-order chi connectivity index (χ0) is 17.8. The van der Waals surface area contributed by atoms with Crippen molar-refractivity contribution in [3.63, 3.8) is 0 Å². The van der Waals surface area contributed by atoms with Gasteiger partial charge in [-0.2, -0.15) is 0 Å². The molecule has 1 fully saturated rings. The summed E-state index contributed by atoms with van der Waals surface area (Å²) in [5.74, 6) is 1.29. The first-order valence-electron chi connectivity index (χ1n) is 9.27. The van der Waals surface area contributed by atoms with Gasteiger partial charge >= 0.3 is 0 Å². The third-order valence-electron chi connectivity index (χ3n) is 5.26. The molecule has 1 aromatic heterocycles. The van der Waals surface area contributed by atoms with Gasteiger partial charge in [0.25, 0.3) is 5.91 Å². The Morgan fingerprint density at radius 3 is 2.56 bits per heavy atom. The molecule has 2 aromatic rings. The van der Waals surface area contributed by atoms with Gasteiger partial charge in [0, 0.05) is 30.5 Å². The van der Waals surface area contributed by atoms with E-state index in [1.165, 1.54) is 12.8 Å². The van der Waals surface area contributed by atoms with Crippen LogP contribution >= 0.6 is 0 Å². The smallest absolute Gasteiger partial charge is 0.251 e. The molecule has 1 N–H and O–H groups in total. The van der Waals surface area contributed by atoms with Crippen LogP contribution in [-0.2, 0) is 0 Å². The summed E-state index contributed by atoms with van der Waals surface area (Å²) in [5.41, 5.74) is 2.20. The van der Waals surface area contributed by atoms with Gasteiger partial charge in [-0.3, -0.25) is 19.7 Å². The summed E-state index contributed by atoms with van der Waals surface area (Å²) in [4.78, 5) is 23.6. The van der Waals surface area contributed by atoms with Gasteiger partial charge in [-0.1, -0.05) is 20.8 Å². The first-order chi connectivity index (χ1) is 12.0. The topological polar surface area (TPSA) is 58.1 Å². The molecular formula is C20H28N4O. The number of carbonyl (C=O) groups excluding carboxylic acids is 1. The highest BCUT2D eigenvalue weighted by molar-refractivity contribution is 5.97. The third-order valence-corrected chi connectivity index (χ3v) is 5.26. The van der Waals surface area contributed by atoms with E-state index in [-0.39, 0.29) is 5.91 Å². The summed E-state index contributed by atoms with van der Waals surface area (Å²) in [5, 5.41) is 3.12. The number of piperidine rings is 1. The van der Waals surface area contributed by atoms with Crippen molar-refractivity contribution in [3.05, 3.63) is 36.2 Å². The van der Waals surface area contributed by atoms with Gasteiger partial charge in [0.15, 0.2) is 0 Å². The minimum Gasteiger partial charge on any atom is -0.350 e. The number of likely N-dealkylation sites (tertiary alicyclic amines) is 1. The van der Waals surface area contributed by atoms with Crippen LogP contribution in [-0.4, -0.2) is 46.5 Å². The lowest BCUT2D eigenvalue weighted by Gasteiger charge is -2.38. The van der Waals surface area contributed by atoms with Crippen LogP contribution in [0, 0.1) is 11.8 Å². The molecule has 1 atom stereocenters. The molecular weight excluding hydrogens is 312 g/mol. The number of nitrogens with zero attached hydrogens (tertiary/aromatic N) is 3. The van der Waals surface area contributed by atoms with Crippen molar-refractivity contribution >= 4 is 16.9 Å². The number of benzene rings is 1. The van der Waals surface area contributed by atoms with E-state index in [0.717, 1.165) is 30.0 Å². The molecule has 0 aliphatic carbocycles. The molecule has 25 heavy (non-hydrogen) atoms. The van der Waals surface area contributed by atoms with Gasteiger partial charge in [-0.05, 0) is 56.0 Å². The van der Waals surface area contributed by atoms with Crippen LogP contribution in [0.25, 0.3) is 11.0 Å². The Bertz CT molecular complexity index is 722. The molecule has 5 nitrogen and oxygen atoms in total. The maximum absolute atomic E-state index is 12.6. The van der Waals surface area contributed by atoms with E-state index in [4.69, 9.17) is 0 Å². The van der Waals surface area contributed by atoms with Crippen molar-refractivity contribution in [1.82, 2.24) is 20.2 Å². The number of aromatic nitrogens is 2. The summed E-state index contributed by atoms with van der Waals surface area (Å²) in [6.45, 7) is 9.74. The summed E-state index contributed by atoms with van der Waals surface area (Å²) in [7, 11) is 0. The second-order valence-corrected chi connectivity index (χ2v) is 7.50. The van der Waals surface area contributed by atoms with E-state index >= 15 is 0 Å². The maximum Gasteiger partial charge on any atom is 0.251 e. The van der Waals surface area contributed by atoms with Gasteiger partial charge in [-0.15, -0.1) is 0 Å². The average Bonchev–Trinajstić information content (AvgIpc) is 2.62. The van der Waals surface area contributed by atoms with Gasteiger partial charge in [0.1, 0.15) is 0 Å². The lowest BCUT2D eigenvalue weighted by Crippen LogP contribution is -2.49. The predicted octanol–water partition coefficient (Wildman–Crippen LogP) is 3.12. The van der Waals surface area contributed by atoms with Crippen LogP contribution in [0.15, 0.2) is 30.6 Å². The van der Waals surface area contributed by atoms with Crippen LogP contribution in [0.5, 0.6) is 0 Å². The molecule has 1 amide bonds. The Balaban J connectivity index is 1.64. The van der Waals surface area contributed by atoms with Crippen molar-refractivity contribution in [1.29, 1.82) is 0 Å². The molecule has 0 saturated carbocycles. The lowest BCUT2D eigenvalue weighted by molar-refractivity contribution is 0.0863. The molecule has 2 heterocycles. The molecule has 1 unspecified atom stereocenters. The Morgan fingerprint density at radius 2 is 1.88 bits per heavy atom. The number of hydrogen-bond acceptors (Lipinski definition) is 4. The summed E-state index contributed by atoms with van der Waals surface area (Å²) in [6, 6.07) is 5.87. The Labute approximate surface area is 149 Å². The number of fused-ring (bicyclic) bond motifs is 1. The number of amides is 1. The maximum atomic E-state index is 12.6. The molecule has 0 bridgehead atoms. The molecule has 1 saturated heterocycles. The quantitative estimate of drug-likeness (QED) is 0.908. The van der Waals surface area contributed by atoms with Crippen LogP contribution in [0.3, 0.4) is 0 Å². The molecule has 134 valence electrons. The van der Waals surface area contributed by atoms with Gasteiger partial charge in [-0.25, -0.2) is 0 Å². The number of rotatable bonds is 5. The fourth-order valence-corrected chi connectivity index (χ4v) is 3.55. The van der Waals surface area contributed by atoms with E-state index in [9.17, 15) is 4.79 Å². The summed E-state index contributed by atoms with van der Waals surface area (Å²) >= 11 is 0. The van der Waals surface area contributed by atoms with E-state index < -0.39 is 0 Å². The van der Waals surface area contributed by atoms with E-state index in [0.29, 0.717) is 24.1 Å². The highest BCUT2D eigenvalue weighted by Crippen LogP contribution is 2.21. The van der Waals surface area contributed by atoms with Crippen LogP contribution < -0.4 is 5.32 Å². The lowest BCUT2D eigenvalue weighted by atomic mass is 9.94. The summed E-state index contributed by atoms with van der Waals surface area (Å²) in [6.07, 6.45) is 5.81. The monoisotopic (exact) mass is 340 g/mol. The van der Waals surface area contributed by atoms with E-state index in [1.807, 2.05) is 18.2 Å². The summed E-state index contributed by atoms with van der Waals surface area (Å²) < 4.78 is 0. The molecule has 5 heteroatoms. The first-order valence-corrected chi connectivity index (χ1v) is 9.27. The minimum absolute atomic E-state index is 0.0384. The molecule has 1 aromatic carbocycles. The zero-order valence-corrected chi connectivity index (χ0v) is 15.4. The van der Waals surface area contributed by atoms with Crippen molar-refractivity contribution < 1.29 is 4.79 Å². The second-order valence-electron chi connectivity index (χ2n) is 7.50. The van der Waals surface area contributed by atoms with E-state index in [2.05, 4.69) is 41.0 Å². The van der Waals surface area contributed by atoms with Crippen molar-refractivity contribution in [3.8, 4) is 0 Å². The van der Waals surface area contributed by atoms with Crippen LogP contribution in [0.4, 0.5) is 0 Å². The predicted molar refractivity (Wildman–Crippen MR) is 100 cm³/mol. The first kappa shape index (κ1) is 17.8. The highest BCUT2D eigenvalue weighted by Gasteiger charge is 2.26. The molecule has 1 aliphatic heterocycles. The van der Waals surface area contributed by atoms with Crippen molar-refractivity contribution in [2.24, 2.45) is 11.8 Å². The fourth-order valence-electron chi connectivity index (χ4n) is 3.55. The molecule has 0 radical (unpaired) electrons.